The second-order valence-corrected chi connectivity index (χ2v) is 8.13. The highest BCUT2D eigenvalue weighted by molar-refractivity contribution is 7.98. The fourth-order valence-electron chi connectivity index (χ4n) is 2.97. The normalized spacial score (nSPS) is 18.5. The van der Waals surface area contributed by atoms with Crippen molar-refractivity contribution in [1.82, 2.24) is 21.3 Å². The van der Waals surface area contributed by atoms with Crippen LogP contribution in [0.25, 0.3) is 0 Å². The number of carbonyl (C=O) groups is 5. The number of carboxylic acids is 1. The molecule has 0 spiro atoms. The standard InChI is InChI=1S/C18H31N5O7S/c1-31-8-6-12(18(29)30)22-17(28)13(9-24)23-16(27)11(4-5-14(19)25)21-15(26)10-3-2-7-20-10/h10-13,20,24H,2-9H2,1H3,(H2,19,25)(H,21,26)(H,22,28)(H,23,27)(H,29,30). The maximum Gasteiger partial charge on any atom is 0.326 e. The summed E-state index contributed by atoms with van der Waals surface area (Å²) in [7, 11) is 0. The van der Waals surface area contributed by atoms with Crippen LogP contribution in [0.1, 0.15) is 32.1 Å². The minimum absolute atomic E-state index is 0.0924. The minimum Gasteiger partial charge on any atom is -0.480 e. The quantitative estimate of drug-likeness (QED) is 0.144. The molecule has 176 valence electrons. The summed E-state index contributed by atoms with van der Waals surface area (Å²) in [6.07, 6.45) is 3.10. The van der Waals surface area contributed by atoms with Crippen LogP contribution in [-0.2, 0) is 24.0 Å². The van der Waals surface area contributed by atoms with Crippen molar-refractivity contribution in [2.45, 2.75) is 56.3 Å². The Morgan fingerprint density at radius 2 is 1.71 bits per heavy atom. The first kappa shape index (κ1) is 26.7. The number of thioether (sulfide) groups is 1. The first-order valence-corrected chi connectivity index (χ1v) is 11.3. The highest BCUT2D eigenvalue weighted by Gasteiger charge is 2.31. The van der Waals surface area contributed by atoms with Gasteiger partial charge in [-0.1, -0.05) is 0 Å². The number of carbonyl (C=O) groups excluding carboxylic acids is 4. The van der Waals surface area contributed by atoms with E-state index >= 15 is 0 Å². The fraction of sp³-hybridized carbons (Fsp3) is 0.722. The smallest absolute Gasteiger partial charge is 0.326 e. The number of rotatable bonds is 14. The van der Waals surface area contributed by atoms with Crippen molar-refractivity contribution in [3.8, 4) is 0 Å². The Kier molecular flexibility index (Phi) is 11.9. The van der Waals surface area contributed by atoms with Crippen LogP contribution < -0.4 is 27.0 Å². The molecule has 0 saturated carbocycles. The van der Waals surface area contributed by atoms with Gasteiger partial charge in [-0.25, -0.2) is 4.79 Å². The van der Waals surface area contributed by atoms with E-state index in [1.165, 1.54) is 11.8 Å². The van der Waals surface area contributed by atoms with Gasteiger partial charge >= 0.3 is 5.97 Å². The third-order valence-corrected chi connectivity index (χ3v) is 5.37. The molecule has 0 bridgehead atoms. The van der Waals surface area contributed by atoms with Crippen molar-refractivity contribution >= 4 is 41.4 Å². The second kappa shape index (κ2) is 13.8. The van der Waals surface area contributed by atoms with Crippen molar-refractivity contribution in [2.75, 3.05) is 25.2 Å². The summed E-state index contributed by atoms with van der Waals surface area (Å²) in [5.41, 5.74) is 5.14. The molecule has 0 aromatic heterocycles. The van der Waals surface area contributed by atoms with Crippen LogP contribution in [0, 0.1) is 0 Å². The number of nitrogens with one attached hydrogen (secondary N) is 4. The Morgan fingerprint density at radius 3 is 2.23 bits per heavy atom. The van der Waals surface area contributed by atoms with Crippen molar-refractivity contribution in [3.05, 3.63) is 0 Å². The average molecular weight is 462 g/mol. The number of aliphatic carboxylic acids is 1. The minimum atomic E-state index is -1.43. The lowest BCUT2D eigenvalue weighted by molar-refractivity contribution is -0.142. The zero-order valence-corrected chi connectivity index (χ0v) is 18.2. The van der Waals surface area contributed by atoms with Gasteiger partial charge in [0.25, 0.3) is 0 Å². The van der Waals surface area contributed by atoms with Gasteiger partial charge in [0.05, 0.1) is 12.6 Å². The molecular formula is C18H31N5O7S. The number of carboxylic acid groups (broad SMARTS) is 1. The molecule has 13 heteroatoms. The molecule has 1 rings (SSSR count). The second-order valence-electron chi connectivity index (χ2n) is 7.14. The number of amides is 4. The van der Waals surface area contributed by atoms with Crippen LogP contribution >= 0.6 is 11.8 Å². The highest BCUT2D eigenvalue weighted by atomic mass is 32.2. The predicted molar refractivity (Wildman–Crippen MR) is 113 cm³/mol. The van der Waals surface area contributed by atoms with E-state index in [-0.39, 0.29) is 19.3 Å². The first-order valence-electron chi connectivity index (χ1n) is 9.95. The van der Waals surface area contributed by atoms with E-state index in [4.69, 9.17) is 5.73 Å². The van der Waals surface area contributed by atoms with Gasteiger partial charge in [0.2, 0.25) is 23.6 Å². The van der Waals surface area contributed by atoms with Crippen molar-refractivity contribution < 1.29 is 34.2 Å². The monoisotopic (exact) mass is 461 g/mol. The molecule has 1 aliphatic heterocycles. The number of nitrogens with two attached hydrogens (primary N) is 1. The molecular weight excluding hydrogens is 430 g/mol. The lowest BCUT2D eigenvalue weighted by Crippen LogP contribution is -2.58. The van der Waals surface area contributed by atoms with Crippen LogP contribution in [0.5, 0.6) is 0 Å². The molecule has 0 aromatic carbocycles. The first-order chi connectivity index (χ1) is 14.7. The molecule has 1 aliphatic rings. The van der Waals surface area contributed by atoms with Gasteiger partial charge < -0.3 is 37.2 Å². The Morgan fingerprint density at radius 1 is 1.06 bits per heavy atom. The molecule has 1 heterocycles. The van der Waals surface area contributed by atoms with Gasteiger partial charge in [-0.15, -0.1) is 0 Å². The summed E-state index contributed by atoms with van der Waals surface area (Å²) in [6.45, 7) is -0.114. The molecule has 12 nitrogen and oxygen atoms in total. The molecule has 4 unspecified atom stereocenters. The fourth-order valence-corrected chi connectivity index (χ4v) is 3.44. The van der Waals surface area contributed by atoms with E-state index in [1.54, 1.807) is 6.26 Å². The van der Waals surface area contributed by atoms with Gasteiger partial charge in [-0.3, -0.25) is 19.2 Å². The SMILES string of the molecule is CSCCC(NC(=O)C(CO)NC(=O)C(CCC(N)=O)NC(=O)C1CCCN1)C(=O)O. The van der Waals surface area contributed by atoms with Crippen LogP contribution in [0.3, 0.4) is 0 Å². The molecule has 4 atom stereocenters. The summed E-state index contributed by atoms with van der Waals surface area (Å²) in [5, 5.41) is 28.9. The Hall–Kier alpha value is -2.38. The lowest BCUT2D eigenvalue weighted by atomic mass is 10.1. The number of hydrogen-bond acceptors (Lipinski definition) is 8. The Balaban J connectivity index is 2.78. The Labute approximate surface area is 184 Å². The van der Waals surface area contributed by atoms with Crippen LogP contribution in [0.15, 0.2) is 0 Å². The molecule has 1 saturated heterocycles. The predicted octanol–water partition coefficient (Wildman–Crippen LogP) is -2.71. The molecule has 1 fully saturated rings. The van der Waals surface area contributed by atoms with E-state index in [9.17, 15) is 34.2 Å². The van der Waals surface area contributed by atoms with Crippen molar-refractivity contribution in [3.63, 3.8) is 0 Å². The van der Waals surface area contributed by atoms with Gasteiger partial charge in [0.15, 0.2) is 0 Å². The zero-order chi connectivity index (χ0) is 23.4. The van der Waals surface area contributed by atoms with E-state index in [0.29, 0.717) is 18.7 Å². The summed E-state index contributed by atoms with van der Waals surface area (Å²) in [4.78, 5) is 59.8. The maximum absolute atomic E-state index is 12.7. The van der Waals surface area contributed by atoms with Crippen LogP contribution in [-0.4, -0.2) is 89.1 Å². The molecule has 8 N–H and O–H groups in total. The van der Waals surface area contributed by atoms with E-state index in [1.807, 2.05) is 0 Å². The van der Waals surface area contributed by atoms with Crippen LogP contribution in [0.2, 0.25) is 0 Å². The summed E-state index contributed by atoms with van der Waals surface area (Å²) < 4.78 is 0. The van der Waals surface area contributed by atoms with E-state index in [0.717, 1.165) is 6.42 Å². The highest BCUT2D eigenvalue weighted by Crippen LogP contribution is 2.07. The third-order valence-electron chi connectivity index (χ3n) is 4.73. The Bertz CT molecular complexity index is 657. The topological polar surface area (TPSA) is 200 Å². The van der Waals surface area contributed by atoms with Gasteiger partial charge in [-0.05, 0) is 44.2 Å². The van der Waals surface area contributed by atoms with E-state index < -0.39 is 60.4 Å². The number of aliphatic hydroxyl groups is 1. The van der Waals surface area contributed by atoms with Crippen molar-refractivity contribution in [2.24, 2.45) is 5.73 Å². The average Bonchev–Trinajstić information content (AvgIpc) is 3.26. The largest absolute Gasteiger partial charge is 0.480 e. The summed E-state index contributed by atoms with van der Waals surface area (Å²) in [5.74, 6) is -3.50. The maximum atomic E-state index is 12.7. The summed E-state index contributed by atoms with van der Waals surface area (Å²) >= 11 is 1.41. The molecule has 31 heavy (non-hydrogen) atoms. The third kappa shape index (κ3) is 9.53. The summed E-state index contributed by atoms with van der Waals surface area (Å²) in [6, 6.07) is -4.23. The molecule has 0 aromatic rings. The zero-order valence-electron chi connectivity index (χ0n) is 17.4. The molecule has 0 aliphatic carbocycles. The van der Waals surface area contributed by atoms with Crippen LogP contribution in [0.4, 0.5) is 0 Å². The molecule has 0 radical (unpaired) electrons. The van der Waals surface area contributed by atoms with Gasteiger partial charge in [0, 0.05) is 6.42 Å². The number of aliphatic hydroxyl groups excluding tert-OH is 1. The lowest BCUT2D eigenvalue weighted by Gasteiger charge is -2.24. The number of hydrogen-bond donors (Lipinski definition) is 7. The number of primary amides is 1. The molecule has 4 amide bonds. The van der Waals surface area contributed by atoms with Crippen molar-refractivity contribution in [1.29, 1.82) is 0 Å². The van der Waals surface area contributed by atoms with E-state index in [2.05, 4.69) is 21.3 Å². The van der Waals surface area contributed by atoms with Gasteiger partial charge in [-0.2, -0.15) is 11.8 Å². The van der Waals surface area contributed by atoms with Gasteiger partial charge in [0.1, 0.15) is 18.1 Å².